The molecule has 1 amide bonds. The number of nitrogens with one attached hydrogen (secondary N) is 2. The van der Waals surface area contributed by atoms with Crippen molar-refractivity contribution in [2.45, 2.75) is 6.54 Å². The van der Waals surface area contributed by atoms with E-state index in [9.17, 15) is 4.79 Å². The highest BCUT2D eigenvalue weighted by Gasteiger charge is 2.01. The zero-order valence-corrected chi connectivity index (χ0v) is 11.4. The lowest BCUT2D eigenvalue weighted by Gasteiger charge is -2.08. The predicted molar refractivity (Wildman–Crippen MR) is 79.8 cm³/mol. The number of carbonyl (C=O) groups excluding carboxylic acids is 1. The molecule has 20 heavy (non-hydrogen) atoms. The summed E-state index contributed by atoms with van der Waals surface area (Å²) < 4.78 is 5.08. The summed E-state index contributed by atoms with van der Waals surface area (Å²) in [6, 6.07) is 17.3. The summed E-state index contributed by atoms with van der Waals surface area (Å²) in [4.78, 5) is 11.7. The van der Waals surface area contributed by atoms with Crippen LogP contribution in [0.2, 0.25) is 0 Å². The maximum absolute atomic E-state index is 11.7. The Kier molecular flexibility index (Phi) is 5.00. The van der Waals surface area contributed by atoms with E-state index in [2.05, 4.69) is 10.6 Å². The maximum Gasteiger partial charge on any atom is 0.239 e. The molecular weight excluding hydrogens is 252 g/mol. The van der Waals surface area contributed by atoms with E-state index in [1.807, 2.05) is 54.6 Å². The molecule has 0 aliphatic rings. The highest BCUT2D eigenvalue weighted by molar-refractivity contribution is 5.80. The molecule has 2 aromatic carbocycles. The van der Waals surface area contributed by atoms with Gasteiger partial charge in [0.15, 0.2) is 0 Å². The van der Waals surface area contributed by atoms with E-state index in [1.54, 1.807) is 7.11 Å². The molecule has 2 rings (SSSR count). The average Bonchev–Trinajstić information content (AvgIpc) is 2.52. The SMILES string of the molecule is COc1ccc(NCC(=O)NCc2ccccc2)cc1. The normalized spacial score (nSPS) is 9.85. The standard InChI is InChI=1S/C16H18N2O2/c1-20-15-9-7-14(8-10-15)17-12-16(19)18-11-13-5-3-2-4-6-13/h2-10,17H,11-12H2,1H3,(H,18,19). The molecule has 0 heterocycles. The minimum atomic E-state index is -0.0373. The van der Waals surface area contributed by atoms with E-state index in [0.29, 0.717) is 6.54 Å². The Labute approximate surface area is 118 Å². The van der Waals surface area contributed by atoms with E-state index >= 15 is 0 Å². The molecule has 104 valence electrons. The molecular formula is C16H18N2O2. The first kappa shape index (κ1) is 13.9. The van der Waals surface area contributed by atoms with Gasteiger partial charge in [0.1, 0.15) is 5.75 Å². The predicted octanol–water partition coefficient (Wildman–Crippen LogP) is 2.42. The Balaban J connectivity index is 1.74. The van der Waals surface area contributed by atoms with E-state index in [0.717, 1.165) is 17.0 Å². The second-order valence-corrected chi connectivity index (χ2v) is 4.34. The Morgan fingerprint density at radius 2 is 1.75 bits per heavy atom. The van der Waals surface area contributed by atoms with Gasteiger partial charge in [-0.3, -0.25) is 4.79 Å². The van der Waals surface area contributed by atoms with Crippen molar-refractivity contribution in [2.75, 3.05) is 19.0 Å². The van der Waals surface area contributed by atoms with Gasteiger partial charge in [0.25, 0.3) is 0 Å². The minimum absolute atomic E-state index is 0.0373. The molecule has 2 aromatic rings. The third kappa shape index (κ3) is 4.31. The molecule has 0 saturated carbocycles. The third-order valence-corrected chi connectivity index (χ3v) is 2.88. The number of hydrogen-bond donors (Lipinski definition) is 2. The molecule has 0 unspecified atom stereocenters. The van der Waals surface area contributed by atoms with Crippen molar-refractivity contribution in [2.24, 2.45) is 0 Å². The lowest BCUT2D eigenvalue weighted by atomic mass is 10.2. The fourth-order valence-corrected chi connectivity index (χ4v) is 1.75. The van der Waals surface area contributed by atoms with Crippen LogP contribution in [0.15, 0.2) is 54.6 Å². The summed E-state index contributed by atoms with van der Waals surface area (Å²) in [5.74, 6) is 0.758. The number of benzene rings is 2. The van der Waals surface area contributed by atoms with Crippen molar-refractivity contribution < 1.29 is 9.53 Å². The second kappa shape index (κ2) is 7.19. The number of methoxy groups -OCH3 is 1. The smallest absolute Gasteiger partial charge is 0.239 e. The zero-order valence-electron chi connectivity index (χ0n) is 11.4. The van der Waals surface area contributed by atoms with Crippen LogP contribution in [0.4, 0.5) is 5.69 Å². The van der Waals surface area contributed by atoms with Crippen LogP contribution < -0.4 is 15.4 Å². The highest BCUT2D eigenvalue weighted by atomic mass is 16.5. The number of amides is 1. The van der Waals surface area contributed by atoms with E-state index < -0.39 is 0 Å². The molecule has 4 nitrogen and oxygen atoms in total. The molecule has 2 N–H and O–H groups in total. The van der Waals surface area contributed by atoms with Crippen LogP contribution in [-0.4, -0.2) is 19.6 Å². The number of carbonyl (C=O) groups is 1. The molecule has 4 heteroatoms. The van der Waals surface area contributed by atoms with Gasteiger partial charge in [-0.15, -0.1) is 0 Å². The Hall–Kier alpha value is -2.49. The molecule has 0 bridgehead atoms. The highest BCUT2D eigenvalue weighted by Crippen LogP contribution is 2.14. The van der Waals surface area contributed by atoms with Crippen molar-refractivity contribution >= 4 is 11.6 Å². The summed E-state index contributed by atoms with van der Waals surface area (Å²) >= 11 is 0. The van der Waals surface area contributed by atoms with Crippen molar-refractivity contribution in [1.29, 1.82) is 0 Å². The van der Waals surface area contributed by atoms with Gasteiger partial charge in [-0.1, -0.05) is 30.3 Å². The number of ether oxygens (including phenoxy) is 1. The molecule has 0 aliphatic heterocycles. The largest absolute Gasteiger partial charge is 0.497 e. The summed E-state index contributed by atoms with van der Waals surface area (Å²) in [6.45, 7) is 0.795. The van der Waals surface area contributed by atoms with Crippen LogP contribution in [0, 0.1) is 0 Å². The van der Waals surface area contributed by atoms with Crippen molar-refractivity contribution in [1.82, 2.24) is 5.32 Å². The lowest BCUT2D eigenvalue weighted by Crippen LogP contribution is -2.29. The van der Waals surface area contributed by atoms with Gasteiger partial charge in [0, 0.05) is 12.2 Å². The van der Waals surface area contributed by atoms with Crippen LogP contribution in [0.5, 0.6) is 5.75 Å². The summed E-state index contributed by atoms with van der Waals surface area (Å²) in [7, 11) is 1.62. The molecule has 0 saturated heterocycles. The van der Waals surface area contributed by atoms with E-state index in [-0.39, 0.29) is 12.5 Å². The van der Waals surface area contributed by atoms with Gasteiger partial charge in [-0.2, -0.15) is 0 Å². The number of rotatable bonds is 6. The summed E-state index contributed by atoms with van der Waals surface area (Å²) in [5, 5.41) is 5.93. The van der Waals surface area contributed by atoms with Crippen LogP contribution in [-0.2, 0) is 11.3 Å². The molecule has 0 spiro atoms. The number of anilines is 1. The van der Waals surface area contributed by atoms with Crippen molar-refractivity contribution in [3.63, 3.8) is 0 Å². The minimum Gasteiger partial charge on any atom is -0.497 e. The van der Waals surface area contributed by atoms with Crippen molar-refractivity contribution in [3.8, 4) is 5.75 Å². The number of hydrogen-bond acceptors (Lipinski definition) is 3. The Bertz CT molecular complexity index is 538. The van der Waals surface area contributed by atoms with Crippen LogP contribution in [0.25, 0.3) is 0 Å². The topological polar surface area (TPSA) is 50.4 Å². The van der Waals surface area contributed by atoms with Gasteiger partial charge in [-0.05, 0) is 29.8 Å². The van der Waals surface area contributed by atoms with Gasteiger partial charge in [0.05, 0.1) is 13.7 Å². The lowest BCUT2D eigenvalue weighted by molar-refractivity contribution is -0.119. The van der Waals surface area contributed by atoms with Crippen LogP contribution in [0.1, 0.15) is 5.56 Å². The maximum atomic E-state index is 11.7. The molecule has 0 aromatic heterocycles. The Morgan fingerprint density at radius 3 is 2.40 bits per heavy atom. The second-order valence-electron chi connectivity index (χ2n) is 4.34. The Morgan fingerprint density at radius 1 is 1.05 bits per heavy atom. The molecule has 0 fully saturated rings. The third-order valence-electron chi connectivity index (χ3n) is 2.88. The van der Waals surface area contributed by atoms with Gasteiger partial charge in [0.2, 0.25) is 5.91 Å². The molecule has 0 radical (unpaired) electrons. The van der Waals surface area contributed by atoms with Crippen LogP contribution >= 0.6 is 0 Å². The van der Waals surface area contributed by atoms with Crippen molar-refractivity contribution in [3.05, 3.63) is 60.2 Å². The fourth-order valence-electron chi connectivity index (χ4n) is 1.75. The first-order valence-electron chi connectivity index (χ1n) is 6.46. The summed E-state index contributed by atoms with van der Waals surface area (Å²) in [5.41, 5.74) is 1.98. The molecule has 0 atom stereocenters. The summed E-state index contributed by atoms with van der Waals surface area (Å²) in [6.07, 6.45) is 0. The fraction of sp³-hybridized carbons (Fsp3) is 0.188. The van der Waals surface area contributed by atoms with Crippen LogP contribution in [0.3, 0.4) is 0 Å². The van der Waals surface area contributed by atoms with E-state index in [1.165, 1.54) is 0 Å². The van der Waals surface area contributed by atoms with Gasteiger partial charge < -0.3 is 15.4 Å². The van der Waals surface area contributed by atoms with Gasteiger partial charge in [-0.25, -0.2) is 0 Å². The first-order chi connectivity index (χ1) is 9.78. The van der Waals surface area contributed by atoms with Gasteiger partial charge >= 0.3 is 0 Å². The van der Waals surface area contributed by atoms with E-state index in [4.69, 9.17) is 4.74 Å². The average molecular weight is 270 g/mol. The zero-order chi connectivity index (χ0) is 14.2. The monoisotopic (exact) mass is 270 g/mol. The quantitative estimate of drug-likeness (QED) is 0.847. The molecule has 0 aliphatic carbocycles. The first-order valence-corrected chi connectivity index (χ1v) is 6.46.